The number of non-ortho nitro benzene ring substituents is 1. The lowest BCUT2D eigenvalue weighted by molar-refractivity contribution is -0.384. The highest BCUT2D eigenvalue weighted by molar-refractivity contribution is 7.92. The van der Waals surface area contributed by atoms with Crippen LogP contribution in [0.3, 0.4) is 0 Å². The lowest BCUT2D eigenvalue weighted by Crippen LogP contribution is -2.52. The molecule has 1 N–H and O–H groups in total. The van der Waals surface area contributed by atoms with Crippen LogP contribution in [0, 0.1) is 10.1 Å². The minimum atomic E-state index is -4.27. The van der Waals surface area contributed by atoms with Gasteiger partial charge in [-0.15, -0.1) is 0 Å². The zero-order valence-corrected chi connectivity index (χ0v) is 23.8. The molecule has 0 bridgehead atoms. The van der Waals surface area contributed by atoms with E-state index in [1.54, 1.807) is 49.4 Å². The standard InChI is InChI=1S/C28H31ClN4O6S/c1-3-18-30-28(35)26(4-2)31(19-21-10-8-9-13-25(21)29)27(34)20-32(22-14-16-23(17-15-22)33(36)37)40(38,39)24-11-6-5-7-12-24/h5-17,26H,3-4,18-20H2,1-2H3,(H,30,35)/t26-/m0/s1. The van der Waals surface area contributed by atoms with E-state index >= 15 is 0 Å². The monoisotopic (exact) mass is 586 g/mol. The highest BCUT2D eigenvalue weighted by Crippen LogP contribution is 2.27. The molecule has 0 heterocycles. The van der Waals surface area contributed by atoms with E-state index in [0.29, 0.717) is 23.6 Å². The Balaban J connectivity index is 2.07. The van der Waals surface area contributed by atoms with Crippen molar-refractivity contribution in [2.24, 2.45) is 0 Å². The Kier molecular flexibility index (Phi) is 10.6. The van der Waals surface area contributed by atoms with Crippen molar-refractivity contribution in [2.75, 3.05) is 17.4 Å². The van der Waals surface area contributed by atoms with Crippen LogP contribution in [0.4, 0.5) is 11.4 Å². The van der Waals surface area contributed by atoms with Gasteiger partial charge in [-0.3, -0.25) is 24.0 Å². The van der Waals surface area contributed by atoms with Crippen molar-refractivity contribution in [3.63, 3.8) is 0 Å². The Morgan fingerprint density at radius 1 is 0.975 bits per heavy atom. The number of anilines is 1. The predicted octanol–water partition coefficient (Wildman–Crippen LogP) is 4.78. The van der Waals surface area contributed by atoms with Crippen molar-refractivity contribution >= 4 is 44.8 Å². The van der Waals surface area contributed by atoms with E-state index in [9.17, 15) is 28.1 Å². The number of nitro groups is 1. The molecule has 0 aliphatic rings. The number of rotatable bonds is 13. The molecule has 0 unspecified atom stereocenters. The molecular formula is C28H31ClN4O6S. The second kappa shape index (κ2) is 13.9. The van der Waals surface area contributed by atoms with Crippen molar-refractivity contribution in [3.05, 3.63) is 99.6 Å². The second-order valence-corrected chi connectivity index (χ2v) is 11.2. The van der Waals surface area contributed by atoms with Crippen LogP contribution < -0.4 is 9.62 Å². The Bertz CT molecular complexity index is 1430. The summed E-state index contributed by atoms with van der Waals surface area (Å²) in [6.45, 7) is 3.40. The van der Waals surface area contributed by atoms with E-state index in [2.05, 4.69) is 5.32 Å². The van der Waals surface area contributed by atoms with Crippen LogP contribution in [0.15, 0.2) is 83.8 Å². The van der Waals surface area contributed by atoms with Crippen molar-refractivity contribution < 1.29 is 22.9 Å². The maximum atomic E-state index is 14.0. The summed E-state index contributed by atoms with van der Waals surface area (Å²) in [5, 5.41) is 14.4. The molecule has 212 valence electrons. The van der Waals surface area contributed by atoms with Gasteiger partial charge in [0.25, 0.3) is 15.7 Å². The van der Waals surface area contributed by atoms with Gasteiger partial charge >= 0.3 is 0 Å². The summed E-state index contributed by atoms with van der Waals surface area (Å²) < 4.78 is 28.4. The number of carbonyl (C=O) groups is 2. The molecule has 0 radical (unpaired) electrons. The van der Waals surface area contributed by atoms with Gasteiger partial charge in [0.05, 0.1) is 15.5 Å². The van der Waals surface area contributed by atoms with Gasteiger partial charge in [-0.05, 0) is 48.7 Å². The van der Waals surface area contributed by atoms with Crippen LogP contribution in [0.5, 0.6) is 0 Å². The van der Waals surface area contributed by atoms with Gasteiger partial charge in [0.15, 0.2) is 0 Å². The Morgan fingerprint density at radius 3 is 2.17 bits per heavy atom. The number of benzene rings is 3. The maximum absolute atomic E-state index is 14.0. The molecule has 0 saturated carbocycles. The average Bonchev–Trinajstić information content (AvgIpc) is 2.96. The van der Waals surface area contributed by atoms with Crippen LogP contribution in [0.25, 0.3) is 0 Å². The van der Waals surface area contributed by atoms with Gasteiger partial charge in [0.1, 0.15) is 12.6 Å². The highest BCUT2D eigenvalue weighted by atomic mass is 35.5. The van der Waals surface area contributed by atoms with Crippen molar-refractivity contribution in [2.45, 2.75) is 44.2 Å². The fraction of sp³-hybridized carbons (Fsp3) is 0.286. The quantitative estimate of drug-likeness (QED) is 0.227. The number of hydrogen-bond acceptors (Lipinski definition) is 6. The average molecular weight is 587 g/mol. The van der Waals surface area contributed by atoms with Crippen LogP contribution in [0.1, 0.15) is 32.3 Å². The molecule has 12 heteroatoms. The van der Waals surface area contributed by atoms with Crippen molar-refractivity contribution in [3.8, 4) is 0 Å². The molecule has 0 aromatic heterocycles. The highest BCUT2D eigenvalue weighted by Gasteiger charge is 2.34. The van der Waals surface area contributed by atoms with E-state index in [0.717, 1.165) is 4.31 Å². The minimum absolute atomic E-state index is 0.0317. The smallest absolute Gasteiger partial charge is 0.269 e. The normalized spacial score (nSPS) is 11.9. The lowest BCUT2D eigenvalue weighted by atomic mass is 10.1. The van der Waals surface area contributed by atoms with Gasteiger partial charge < -0.3 is 10.2 Å². The largest absolute Gasteiger partial charge is 0.354 e. The first-order valence-corrected chi connectivity index (χ1v) is 14.5. The molecule has 3 aromatic carbocycles. The number of nitrogens with zero attached hydrogens (tertiary/aromatic N) is 3. The van der Waals surface area contributed by atoms with Gasteiger partial charge in [-0.1, -0.05) is 61.8 Å². The van der Waals surface area contributed by atoms with Crippen molar-refractivity contribution in [1.82, 2.24) is 10.2 Å². The molecule has 3 aromatic rings. The molecule has 0 saturated heterocycles. The minimum Gasteiger partial charge on any atom is -0.354 e. The molecule has 1 atom stereocenters. The summed E-state index contributed by atoms with van der Waals surface area (Å²) in [6, 6.07) is 18.4. The van der Waals surface area contributed by atoms with E-state index in [4.69, 9.17) is 11.6 Å². The summed E-state index contributed by atoms with van der Waals surface area (Å²) in [7, 11) is -4.27. The fourth-order valence-electron chi connectivity index (χ4n) is 4.08. The Hall–Kier alpha value is -3.96. The first-order chi connectivity index (χ1) is 19.1. The molecule has 10 nitrogen and oxygen atoms in total. The predicted molar refractivity (Wildman–Crippen MR) is 153 cm³/mol. The summed E-state index contributed by atoms with van der Waals surface area (Å²) in [5.41, 5.74) is 0.419. The molecule has 3 rings (SSSR count). The lowest BCUT2D eigenvalue weighted by Gasteiger charge is -2.33. The Labute approximate surface area is 238 Å². The Morgan fingerprint density at radius 2 is 1.60 bits per heavy atom. The third-order valence-electron chi connectivity index (χ3n) is 6.19. The molecule has 0 aliphatic heterocycles. The summed E-state index contributed by atoms with van der Waals surface area (Å²) >= 11 is 6.38. The zero-order valence-electron chi connectivity index (χ0n) is 22.2. The molecule has 40 heavy (non-hydrogen) atoms. The van der Waals surface area contributed by atoms with Gasteiger partial charge in [0.2, 0.25) is 11.8 Å². The molecule has 0 aliphatic carbocycles. The number of nitrogens with one attached hydrogen (secondary N) is 1. The molecule has 0 fully saturated rings. The van der Waals surface area contributed by atoms with Gasteiger partial charge in [-0.25, -0.2) is 8.42 Å². The van der Waals surface area contributed by atoms with Crippen molar-refractivity contribution in [1.29, 1.82) is 0 Å². The van der Waals surface area contributed by atoms with Crippen LogP contribution in [0.2, 0.25) is 5.02 Å². The molecule has 0 spiro atoms. The number of halogens is 1. The van der Waals surface area contributed by atoms with Gasteiger partial charge in [-0.2, -0.15) is 0 Å². The fourth-order valence-corrected chi connectivity index (χ4v) is 5.72. The second-order valence-electron chi connectivity index (χ2n) is 8.93. The molecular weight excluding hydrogens is 556 g/mol. The summed E-state index contributed by atoms with van der Waals surface area (Å²) in [6.07, 6.45) is 0.971. The number of hydrogen-bond donors (Lipinski definition) is 1. The van der Waals surface area contributed by atoms with E-state index in [1.165, 1.54) is 41.3 Å². The number of sulfonamides is 1. The first kappa shape index (κ1) is 30.6. The summed E-state index contributed by atoms with van der Waals surface area (Å²) in [5.74, 6) is -1.01. The van der Waals surface area contributed by atoms with Crippen LogP contribution in [-0.4, -0.2) is 49.2 Å². The zero-order chi connectivity index (χ0) is 29.3. The van der Waals surface area contributed by atoms with E-state index in [1.807, 2.05) is 6.92 Å². The SMILES string of the molecule is CCCNC(=O)[C@H](CC)N(Cc1ccccc1Cl)C(=O)CN(c1ccc([N+](=O)[O-])cc1)S(=O)(=O)c1ccccc1. The maximum Gasteiger partial charge on any atom is 0.269 e. The third-order valence-corrected chi connectivity index (χ3v) is 8.35. The number of amides is 2. The topological polar surface area (TPSA) is 130 Å². The van der Waals surface area contributed by atoms with Crippen LogP contribution >= 0.6 is 11.6 Å². The third kappa shape index (κ3) is 7.36. The molecule has 2 amide bonds. The number of carbonyl (C=O) groups excluding carboxylic acids is 2. The van der Waals surface area contributed by atoms with E-state index < -0.39 is 33.4 Å². The van der Waals surface area contributed by atoms with Gasteiger partial charge in [0, 0.05) is 30.2 Å². The van der Waals surface area contributed by atoms with Crippen LogP contribution in [-0.2, 0) is 26.2 Å². The first-order valence-electron chi connectivity index (χ1n) is 12.7. The summed E-state index contributed by atoms with van der Waals surface area (Å²) in [4.78, 5) is 38.9. The number of nitro benzene ring substituents is 1. The van der Waals surface area contributed by atoms with E-state index in [-0.39, 0.29) is 35.1 Å².